The number of nitrogens with one attached hydrogen (secondary N) is 3. The van der Waals surface area contributed by atoms with Gasteiger partial charge in [-0.2, -0.15) is 8.42 Å². The van der Waals surface area contributed by atoms with Gasteiger partial charge in [0.2, 0.25) is 0 Å². The van der Waals surface area contributed by atoms with Gasteiger partial charge >= 0.3 is 10.2 Å². The van der Waals surface area contributed by atoms with E-state index in [-0.39, 0.29) is 23.6 Å². The van der Waals surface area contributed by atoms with Crippen LogP contribution in [0.3, 0.4) is 0 Å². The van der Waals surface area contributed by atoms with Crippen molar-refractivity contribution in [2.75, 3.05) is 16.2 Å². The number of aliphatic imine (C=N–C) groups is 1. The second-order valence-corrected chi connectivity index (χ2v) is 8.32. The molecular formula is C15H18FN5O5S. The maximum Gasteiger partial charge on any atom is 0.326 e. The van der Waals surface area contributed by atoms with Crippen molar-refractivity contribution in [1.82, 2.24) is 10.0 Å². The van der Waals surface area contributed by atoms with Gasteiger partial charge in [0.25, 0.3) is 5.91 Å². The molecule has 1 amide bonds. The van der Waals surface area contributed by atoms with Crippen LogP contribution >= 0.6 is 0 Å². The van der Waals surface area contributed by atoms with E-state index in [2.05, 4.69) is 15.6 Å². The van der Waals surface area contributed by atoms with Gasteiger partial charge in [0.15, 0.2) is 18.0 Å². The zero-order valence-electron chi connectivity index (χ0n) is 14.0. The number of benzene rings is 1. The highest BCUT2D eigenvalue weighted by Gasteiger charge is 2.38. The maximum atomic E-state index is 14.5. The van der Waals surface area contributed by atoms with Crippen LogP contribution in [0.25, 0.3) is 0 Å². The smallest absolute Gasteiger partial charge is 0.326 e. The maximum absolute atomic E-state index is 14.5. The van der Waals surface area contributed by atoms with Crippen LogP contribution in [0.1, 0.15) is 19.3 Å². The number of phenols is 1. The van der Waals surface area contributed by atoms with Crippen LogP contribution in [0.5, 0.6) is 5.75 Å². The fraction of sp³-hybridized carbons (Fsp3) is 0.467. The van der Waals surface area contributed by atoms with Gasteiger partial charge in [-0.15, -0.1) is 0 Å². The van der Waals surface area contributed by atoms with Crippen molar-refractivity contribution >= 4 is 33.5 Å². The summed E-state index contributed by atoms with van der Waals surface area (Å²) in [4.78, 5) is 15.4. The van der Waals surface area contributed by atoms with Gasteiger partial charge in [-0.25, -0.2) is 18.4 Å². The Bertz CT molecular complexity index is 914. The highest BCUT2D eigenvalue weighted by Crippen LogP contribution is 2.36. The predicted molar refractivity (Wildman–Crippen MR) is 93.8 cm³/mol. The molecule has 0 aromatic heterocycles. The van der Waals surface area contributed by atoms with E-state index in [1.807, 2.05) is 0 Å². The van der Waals surface area contributed by atoms with E-state index < -0.39 is 46.1 Å². The average molecular weight is 399 g/mol. The second kappa shape index (κ2) is 6.23. The van der Waals surface area contributed by atoms with Crippen LogP contribution < -0.4 is 19.7 Å². The molecule has 5 N–H and O–H groups in total. The van der Waals surface area contributed by atoms with E-state index in [1.54, 1.807) is 4.72 Å². The number of carbonyl (C=O) groups excluding carboxylic acids is 1. The lowest BCUT2D eigenvalue weighted by molar-refractivity contribution is -0.117. The molecule has 1 aromatic carbocycles. The van der Waals surface area contributed by atoms with Crippen molar-refractivity contribution in [2.45, 2.75) is 31.5 Å². The summed E-state index contributed by atoms with van der Waals surface area (Å²) in [6, 6.07) is 2.16. The summed E-state index contributed by atoms with van der Waals surface area (Å²) in [7, 11) is -4.25. The molecule has 27 heavy (non-hydrogen) atoms. The van der Waals surface area contributed by atoms with Crippen LogP contribution in [0.2, 0.25) is 0 Å². The number of carbonyl (C=O) groups is 1. The first-order chi connectivity index (χ1) is 12.7. The molecule has 10 nitrogen and oxygen atoms in total. The number of aliphatic hydroxyl groups is 1. The minimum absolute atomic E-state index is 0.0356. The van der Waals surface area contributed by atoms with Crippen LogP contribution in [0.15, 0.2) is 17.1 Å². The summed E-state index contributed by atoms with van der Waals surface area (Å²) in [6.07, 6.45) is 1.86. The Hall–Kier alpha value is -2.60. The van der Waals surface area contributed by atoms with Crippen molar-refractivity contribution in [3.63, 3.8) is 0 Å². The summed E-state index contributed by atoms with van der Waals surface area (Å²) in [6.45, 7) is -0.622. The van der Waals surface area contributed by atoms with Crippen LogP contribution in [-0.4, -0.2) is 49.3 Å². The number of rotatable bonds is 2. The molecule has 3 unspecified atom stereocenters. The Balaban J connectivity index is 1.59. The molecule has 1 aliphatic carbocycles. The molecule has 4 rings (SSSR count). The number of hydrogen-bond acceptors (Lipinski definition) is 8. The molecule has 1 aromatic rings. The number of anilines is 2. The first kappa shape index (κ1) is 17.8. The Morgan fingerprint density at radius 3 is 2.78 bits per heavy atom. The minimum atomic E-state index is -4.25. The monoisotopic (exact) mass is 399 g/mol. The van der Waals surface area contributed by atoms with Gasteiger partial charge in [-0.3, -0.25) is 4.79 Å². The quantitative estimate of drug-likeness (QED) is 0.454. The summed E-state index contributed by atoms with van der Waals surface area (Å²) < 4.78 is 40.4. The topological polar surface area (TPSA) is 143 Å². The number of aromatic hydroxyl groups is 1. The standard InChI is InChI=1S/C15H18FN5O5S/c16-9-4-7(17-15-18-10-3-1-2-8(10)14(24)19-15)5-11(22)13(9)21-6-12(23)20-27(21,25)26/h4-5,8,10,14,22,24H,1-3,6H2,(H,20,23)(H2,17,18,19). The van der Waals surface area contributed by atoms with E-state index >= 15 is 0 Å². The average Bonchev–Trinajstić information content (AvgIpc) is 3.11. The number of guanidine groups is 1. The van der Waals surface area contributed by atoms with Crippen molar-refractivity contribution in [2.24, 2.45) is 10.9 Å². The van der Waals surface area contributed by atoms with E-state index in [0.717, 1.165) is 31.4 Å². The molecule has 0 bridgehead atoms. The minimum Gasteiger partial charge on any atom is -0.506 e. The summed E-state index contributed by atoms with van der Waals surface area (Å²) in [5, 5.41) is 26.2. The van der Waals surface area contributed by atoms with Crippen molar-refractivity contribution in [3.05, 3.63) is 17.9 Å². The first-order valence-corrected chi connectivity index (χ1v) is 9.84. The zero-order valence-corrected chi connectivity index (χ0v) is 14.8. The largest absolute Gasteiger partial charge is 0.506 e. The number of nitrogens with zero attached hydrogens (tertiary/aromatic N) is 2. The summed E-state index contributed by atoms with van der Waals surface area (Å²) >= 11 is 0. The third-order valence-electron chi connectivity index (χ3n) is 4.91. The van der Waals surface area contributed by atoms with Crippen LogP contribution in [-0.2, 0) is 15.0 Å². The highest BCUT2D eigenvalue weighted by molar-refractivity contribution is 7.92. The fourth-order valence-corrected chi connectivity index (χ4v) is 4.89. The number of halogens is 1. The van der Waals surface area contributed by atoms with E-state index in [9.17, 15) is 27.8 Å². The fourth-order valence-electron chi connectivity index (χ4n) is 3.72. The summed E-state index contributed by atoms with van der Waals surface area (Å²) in [5.74, 6) is -2.24. The number of phenolic OH excluding ortho intramolecular Hbond substituents is 1. The molecule has 2 fully saturated rings. The molecule has 3 aliphatic rings. The molecule has 2 heterocycles. The van der Waals surface area contributed by atoms with Crippen LogP contribution in [0, 0.1) is 11.7 Å². The number of aliphatic hydroxyl groups excluding tert-OH is 1. The molecular weight excluding hydrogens is 381 g/mol. The van der Waals surface area contributed by atoms with Crippen molar-refractivity contribution in [3.8, 4) is 5.75 Å². The van der Waals surface area contributed by atoms with Crippen molar-refractivity contribution in [1.29, 1.82) is 0 Å². The van der Waals surface area contributed by atoms with Gasteiger partial charge in [0.1, 0.15) is 18.0 Å². The number of amides is 1. The van der Waals surface area contributed by atoms with Gasteiger partial charge in [-0.05, 0) is 18.9 Å². The number of hydrogen-bond donors (Lipinski definition) is 5. The highest BCUT2D eigenvalue weighted by atomic mass is 32.2. The third kappa shape index (κ3) is 3.14. The number of fused-ring (bicyclic) bond motifs is 1. The predicted octanol–water partition coefficient (Wildman–Crippen LogP) is -0.430. The Labute approximate surface area is 154 Å². The van der Waals surface area contributed by atoms with Crippen molar-refractivity contribution < 1.29 is 27.8 Å². The van der Waals surface area contributed by atoms with Crippen LogP contribution in [0.4, 0.5) is 15.8 Å². The lowest BCUT2D eigenvalue weighted by Gasteiger charge is -2.30. The first-order valence-electron chi connectivity index (χ1n) is 8.40. The van der Waals surface area contributed by atoms with E-state index in [0.29, 0.717) is 4.31 Å². The Kier molecular flexibility index (Phi) is 4.11. The molecule has 0 spiro atoms. The Morgan fingerprint density at radius 1 is 1.33 bits per heavy atom. The lowest BCUT2D eigenvalue weighted by atomic mass is 10.0. The molecule has 0 radical (unpaired) electrons. The molecule has 146 valence electrons. The third-order valence-corrected chi connectivity index (χ3v) is 6.29. The van der Waals surface area contributed by atoms with Gasteiger partial charge in [-0.1, -0.05) is 6.42 Å². The second-order valence-electron chi connectivity index (χ2n) is 6.72. The van der Waals surface area contributed by atoms with E-state index in [1.165, 1.54) is 0 Å². The van der Waals surface area contributed by atoms with Gasteiger partial charge in [0, 0.05) is 23.7 Å². The molecule has 12 heteroatoms. The molecule has 1 saturated heterocycles. The summed E-state index contributed by atoms with van der Waals surface area (Å²) in [5.41, 5.74) is -0.507. The zero-order chi connectivity index (χ0) is 19.3. The van der Waals surface area contributed by atoms with Gasteiger partial charge in [0.05, 0.1) is 0 Å². The van der Waals surface area contributed by atoms with Gasteiger partial charge < -0.3 is 20.8 Å². The molecule has 3 atom stereocenters. The molecule has 1 saturated carbocycles. The Morgan fingerprint density at radius 2 is 2.11 bits per heavy atom. The SMILES string of the molecule is O=C1CN(c2c(O)cc(NC3=NC(O)C4CCCC4N3)cc2F)S(=O)(=O)N1. The normalized spacial score (nSPS) is 29.0. The van der Waals surface area contributed by atoms with E-state index in [4.69, 9.17) is 0 Å². The molecule has 2 aliphatic heterocycles. The lowest BCUT2D eigenvalue weighted by Crippen LogP contribution is -2.49.